The van der Waals surface area contributed by atoms with Crippen molar-refractivity contribution in [3.8, 4) is 5.69 Å². The van der Waals surface area contributed by atoms with Gasteiger partial charge in [-0.1, -0.05) is 18.5 Å². The van der Waals surface area contributed by atoms with E-state index in [0.717, 1.165) is 30.9 Å². The molecule has 0 atom stereocenters. The van der Waals surface area contributed by atoms with E-state index >= 15 is 0 Å². The molecule has 0 unspecified atom stereocenters. The fraction of sp³-hybridized carbons (Fsp3) is 0.375. The van der Waals surface area contributed by atoms with Gasteiger partial charge < -0.3 is 10.6 Å². The van der Waals surface area contributed by atoms with Crippen LogP contribution in [-0.2, 0) is 0 Å². The van der Waals surface area contributed by atoms with E-state index in [1.807, 2.05) is 19.1 Å². The Labute approximate surface area is 147 Å². The molecule has 1 heterocycles. The third kappa shape index (κ3) is 5.23. The Balaban J connectivity index is 0.00000264. The van der Waals surface area contributed by atoms with Crippen LogP contribution in [0.3, 0.4) is 0 Å². The van der Waals surface area contributed by atoms with Gasteiger partial charge in [-0.25, -0.2) is 4.68 Å². The SMILES string of the molecule is CCCNCCNC(=O)c1cnn(-c2ccc(Cl)cc2)c1C.Cl. The zero-order chi connectivity index (χ0) is 15.9. The summed E-state index contributed by atoms with van der Waals surface area (Å²) in [6, 6.07) is 7.35. The van der Waals surface area contributed by atoms with Crippen molar-refractivity contribution in [1.82, 2.24) is 20.4 Å². The second kappa shape index (κ2) is 9.55. The zero-order valence-electron chi connectivity index (χ0n) is 13.3. The first-order chi connectivity index (χ1) is 10.6. The molecule has 2 N–H and O–H groups in total. The number of hydrogen-bond donors (Lipinski definition) is 2. The van der Waals surface area contributed by atoms with Gasteiger partial charge in [-0.15, -0.1) is 12.4 Å². The van der Waals surface area contributed by atoms with Crippen molar-refractivity contribution < 1.29 is 4.79 Å². The summed E-state index contributed by atoms with van der Waals surface area (Å²) in [6.45, 7) is 6.32. The molecule has 7 heteroatoms. The topological polar surface area (TPSA) is 58.9 Å². The van der Waals surface area contributed by atoms with Gasteiger partial charge in [0.25, 0.3) is 5.91 Å². The molecule has 0 saturated carbocycles. The highest BCUT2D eigenvalue weighted by Crippen LogP contribution is 2.16. The van der Waals surface area contributed by atoms with Gasteiger partial charge in [-0.2, -0.15) is 5.10 Å². The predicted octanol–water partition coefficient (Wildman–Crippen LogP) is 2.99. The van der Waals surface area contributed by atoms with Crippen LogP contribution < -0.4 is 10.6 Å². The van der Waals surface area contributed by atoms with Crippen molar-refractivity contribution >= 4 is 29.9 Å². The highest BCUT2D eigenvalue weighted by atomic mass is 35.5. The molecule has 0 aliphatic carbocycles. The molecule has 0 radical (unpaired) electrons. The van der Waals surface area contributed by atoms with E-state index in [1.54, 1.807) is 23.0 Å². The molecule has 23 heavy (non-hydrogen) atoms. The summed E-state index contributed by atoms with van der Waals surface area (Å²) in [7, 11) is 0. The number of carbonyl (C=O) groups excluding carboxylic acids is 1. The van der Waals surface area contributed by atoms with Gasteiger partial charge in [-0.3, -0.25) is 4.79 Å². The van der Waals surface area contributed by atoms with E-state index in [2.05, 4.69) is 22.7 Å². The molecule has 0 aliphatic rings. The lowest BCUT2D eigenvalue weighted by atomic mass is 10.2. The van der Waals surface area contributed by atoms with Crippen molar-refractivity contribution in [2.24, 2.45) is 0 Å². The molecule has 0 aliphatic heterocycles. The van der Waals surface area contributed by atoms with Crippen molar-refractivity contribution in [2.45, 2.75) is 20.3 Å². The summed E-state index contributed by atoms with van der Waals surface area (Å²) in [5.41, 5.74) is 2.28. The minimum atomic E-state index is -0.101. The first-order valence-electron chi connectivity index (χ1n) is 7.43. The molecule has 2 aromatic rings. The molecule has 0 fully saturated rings. The van der Waals surface area contributed by atoms with Crippen molar-refractivity contribution in [1.29, 1.82) is 0 Å². The monoisotopic (exact) mass is 356 g/mol. The Morgan fingerprint density at radius 2 is 1.91 bits per heavy atom. The minimum Gasteiger partial charge on any atom is -0.351 e. The first kappa shape index (κ1) is 19.5. The molecule has 0 bridgehead atoms. The van der Waals surface area contributed by atoms with Gasteiger partial charge >= 0.3 is 0 Å². The molecular weight excluding hydrogens is 335 g/mol. The van der Waals surface area contributed by atoms with Crippen LogP contribution in [0.2, 0.25) is 5.02 Å². The Bertz CT molecular complexity index is 626. The van der Waals surface area contributed by atoms with Gasteiger partial charge in [0.2, 0.25) is 0 Å². The average Bonchev–Trinajstić information content (AvgIpc) is 2.89. The number of aromatic nitrogens is 2. The molecule has 5 nitrogen and oxygen atoms in total. The van der Waals surface area contributed by atoms with Crippen LogP contribution in [0, 0.1) is 6.92 Å². The van der Waals surface area contributed by atoms with Crippen LogP contribution in [-0.4, -0.2) is 35.3 Å². The Morgan fingerprint density at radius 1 is 1.22 bits per heavy atom. The van der Waals surface area contributed by atoms with Crippen molar-refractivity contribution in [3.05, 3.63) is 46.7 Å². The molecular formula is C16H22Cl2N4O. The first-order valence-corrected chi connectivity index (χ1v) is 7.80. The molecule has 1 amide bonds. The fourth-order valence-corrected chi connectivity index (χ4v) is 2.26. The number of nitrogens with zero attached hydrogens (tertiary/aromatic N) is 2. The number of amides is 1. The van der Waals surface area contributed by atoms with Crippen LogP contribution in [0.5, 0.6) is 0 Å². The van der Waals surface area contributed by atoms with E-state index < -0.39 is 0 Å². The van der Waals surface area contributed by atoms with Gasteiger partial charge in [0.15, 0.2) is 0 Å². The Hall–Kier alpha value is -1.56. The number of rotatable bonds is 7. The molecule has 2 rings (SSSR count). The van der Waals surface area contributed by atoms with Crippen molar-refractivity contribution in [2.75, 3.05) is 19.6 Å². The van der Waals surface area contributed by atoms with E-state index in [-0.39, 0.29) is 18.3 Å². The quantitative estimate of drug-likeness (QED) is 0.749. The maximum atomic E-state index is 12.2. The van der Waals surface area contributed by atoms with Crippen LogP contribution in [0.4, 0.5) is 0 Å². The summed E-state index contributed by atoms with van der Waals surface area (Å²) in [5, 5.41) is 11.1. The number of hydrogen-bond acceptors (Lipinski definition) is 3. The van der Waals surface area contributed by atoms with Gasteiger partial charge in [-0.05, 0) is 44.2 Å². The number of halogens is 2. The number of nitrogens with one attached hydrogen (secondary N) is 2. The summed E-state index contributed by atoms with van der Waals surface area (Å²) in [6.07, 6.45) is 2.68. The predicted molar refractivity (Wildman–Crippen MR) is 96.1 cm³/mol. The second-order valence-corrected chi connectivity index (χ2v) is 5.47. The lowest BCUT2D eigenvalue weighted by molar-refractivity contribution is 0.0953. The highest BCUT2D eigenvalue weighted by molar-refractivity contribution is 6.30. The van der Waals surface area contributed by atoms with Gasteiger partial charge in [0.05, 0.1) is 23.1 Å². The molecule has 0 saturated heterocycles. The van der Waals surface area contributed by atoms with Crippen LogP contribution >= 0.6 is 24.0 Å². The molecule has 1 aromatic heterocycles. The van der Waals surface area contributed by atoms with E-state index in [9.17, 15) is 4.79 Å². The average molecular weight is 357 g/mol. The van der Waals surface area contributed by atoms with E-state index in [4.69, 9.17) is 11.6 Å². The maximum absolute atomic E-state index is 12.2. The maximum Gasteiger partial charge on any atom is 0.254 e. The largest absolute Gasteiger partial charge is 0.351 e. The third-order valence-corrected chi connectivity index (χ3v) is 3.59. The fourth-order valence-electron chi connectivity index (χ4n) is 2.14. The lowest BCUT2D eigenvalue weighted by Gasteiger charge is -2.07. The molecule has 1 aromatic carbocycles. The van der Waals surface area contributed by atoms with Crippen LogP contribution in [0.25, 0.3) is 5.69 Å². The smallest absolute Gasteiger partial charge is 0.254 e. The minimum absolute atomic E-state index is 0. The van der Waals surface area contributed by atoms with E-state index in [1.165, 1.54) is 0 Å². The van der Waals surface area contributed by atoms with Crippen LogP contribution in [0.15, 0.2) is 30.5 Å². The highest BCUT2D eigenvalue weighted by Gasteiger charge is 2.14. The summed E-state index contributed by atoms with van der Waals surface area (Å²) in [5.74, 6) is -0.101. The molecule has 126 valence electrons. The van der Waals surface area contributed by atoms with Crippen molar-refractivity contribution in [3.63, 3.8) is 0 Å². The normalized spacial score (nSPS) is 10.2. The Morgan fingerprint density at radius 3 is 2.57 bits per heavy atom. The summed E-state index contributed by atoms with van der Waals surface area (Å²) in [4.78, 5) is 12.2. The van der Waals surface area contributed by atoms with Gasteiger partial charge in [0.1, 0.15) is 0 Å². The lowest BCUT2D eigenvalue weighted by Crippen LogP contribution is -2.32. The second-order valence-electron chi connectivity index (χ2n) is 5.04. The number of carbonyl (C=O) groups is 1. The third-order valence-electron chi connectivity index (χ3n) is 3.34. The Kier molecular flexibility index (Phi) is 8.09. The van der Waals surface area contributed by atoms with E-state index in [0.29, 0.717) is 17.1 Å². The number of benzene rings is 1. The standard InChI is InChI=1S/C16H21ClN4O.ClH/c1-3-8-18-9-10-19-16(22)15-11-20-21(12(15)2)14-6-4-13(17)5-7-14;/h4-7,11,18H,3,8-10H2,1-2H3,(H,19,22);1H. The van der Waals surface area contributed by atoms with Crippen LogP contribution in [0.1, 0.15) is 29.4 Å². The van der Waals surface area contributed by atoms with Gasteiger partial charge in [0, 0.05) is 18.1 Å². The summed E-state index contributed by atoms with van der Waals surface area (Å²) >= 11 is 5.89. The molecule has 0 spiro atoms. The zero-order valence-corrected chi connectivity index (χ0v) is 14.9. The summed E-state index contributed by atoms with van der Waals surface area (Å²) < 4.78 is 1.74.